The van der Waals surface area contributed by atoms with E-state index >= 15 is 0 Å². The molecule has 3 atom stereocenters. The molecule has 1 aliphatic rings. The van der Waals surface area contributed by atoms with Crippen molar-refractivity contribution in [1.29, 1.82) is 0 Å². The second kappa shape index (κ2) is 8.84. The lowest BCUT2D eigenvalue weighted by Gasteiger charge is -2.45. The maximum absolute atomic E-state index is 12.0. The van der Waals surface area contributed by atoms with Crippen molar-refractivity contribution in [2.75, 3.05) is 6.61 Å². The average Bonchev–Trinajstić information content (AvgIpc) is 2.48. The van der Waals surface area contributed by atoms with Gasteiger partial charge in [0, 0.05) is 22.1 Å². The van der Waals surface area contributed by atoms with E-state index in [0.717, 1.165) is 20.9 Å². The summed E-state index contributed by atoms with van der Waals surface area (Å²) in [5, 5.41) is 6.45. The second-order valence-corrected chi connectivity index (χ2v) is 8.85. The van der Waals surface area contributed by atoms with Gasteiger partial charge in [0.15, 0.2) is 0 Å². The van der Waals surface area contributed by atoms with Gasteiger partial charge in [-0.1, -0.05) is 6.07 Å². The van der Waals surface area contributed by atoms with E-state index in [-0.39, 0.29) is 24.3 Å². The summed E-state index contributed by atoms with van der Waals surface area (Å²) < 4.78 is 13.2. The van der Waals surface area contributed by atoms with Gasteiger partial charge in [0.1, 0.15) is 5.60 Å². The minimum atomic E-state index is -0.500. The third kappa shape index (κ3) is 6.24. The van der Waals surface area contributed by atoms with Gasteiger partial charge in [0.05, 0.1) is 18.2 Å². The van der Waals surface area contributed by atoms with Crippen LogP contribution in [0.4, 0.5) is 4.79 Å². The van der Waals surface area contributed by atoms with Gasteiger partial charge in [0.25, 0.3) is 0 Å². The number of amides is 1. The van der Waals surface area contributed by atoms with Crippen LogP contribution < -0.4 is 10.6 Å². The molecule has 0 saturated heterocycles. The van der Waals surface area contributed by atoms with Crippen LogP contribution in [0.3, 0.4) is 0 Å². The molecule has 0 heterocycles. The molecular weight excluding hydrogens is 452 g/mol. The number of carbonyl (C=O) groups excluding carboxylic acids is 1. The summed E-state index contributed by atoms with van der Waals surface area (Å²) >= 11 is 7.00. The molecule has 1 aromatic carbocycles. The van der Waals surface area contributed by atoms with E-state index in [1.165, 1.54) is 0 Å². The van der Waals surface area contributed by atoms with E-state index in [0.29, 0.717) is 13.2 Å². The van der Waals surface area contributed by atoms with Gasteiger partial charge in [-0.15, -0.1) is 0 Å². The molecule has 0 spiro atoms. The maximum Gasteiger partial charge on any atom is 0.407 e. The first-order valence-corrected chi connectivity index (χ1v) is 10.1. The van der Waals surface area contributed by atoms with Crippen LogP contribution in [0.25, 0.3) is 0 Å². The van der Waals surface area contributed by atoms with Gasteiger partial charge in [-0.25, -0.2) is 4.79 Å². The van der Waals surface area contributed by atoms with Crippen LogP contribution in [-0.2, 0) is 16.0 Å². The van der Waals surface area contributed by atoms with Gasteiger partial charge in [-0.05, 0) is 83.7 Å². The molecule has 1 aliphatic carbocycles. The Morgan fingerprint density at radius 3 is 2.60 bits per heavy atom. The van der Waals surface area contributed by atoms with Gasteiger partial charge < -0.3 is 20.1 Å². The molecule has 2 N–H and O–H groups in total. The fourth-order valence-corrected chi connectivity index (χ4v) is 3.43. The van der Waals surface area contributed by atoms with Gasteiger partial charge in [-0.3, -0.25) is 0 Å². The van der Waals surface area contributed by atoms with Crippen molar-refractivity contribution in [3.05, 3.63) is 32.7 Å². The highest BCUT2D eigenvalue weighted by Crippen LogP contribution is 2.27. The molecule has 0 aromatic heterocycles. The first kappa shape index (κ1) is 20.7. The van der Waals surface area contributed by atoms with Gasteiger partial charge in [0.2, 0.25) is 0 Å². The molecular formula is C18H26Br2N2O3. The van der Waals surface area contributed by atoms with Crippen molar-refractivity contribution >= 4 is 38.0 Å². The third-order valence-electron chi connectivity index (χ3n) is 3.93. The van der Waals surface area contributed by atoms with Crippen molar-refractivity contribution in [1.82, 2.24) is 10.6 Å². The largest absolute Gasteiger partial charge is 0.444 e. The van der Waals surface area contributed by atoms with Crippen molar-refractivity contribution in [2.45, 2.75) is 64.4 Å². The molecule has 1 fully saturated rings. The highest BCUT2D eigenvalue weighted by molar-refractivity contribution is 9.13. The number of nitrogens with one attached hydrogen (secondary N) is 2. The standard InChI is InChI=1S/C18H26Br2N2O3/c1-5-24-15-9-14(22-17(23)25-18(2,3)4)16(15)21-10-11-6-7-12(19)13(20)8-11/h6-8,14-16,21H,5,9-10H2,1-4H3,(H,22,23). The molecule has 1 saturated carbocycles. The molecule has 5 nitrogen and oxygen atoms in total. The number of alkyl carbamates (subject to hydrolysis) is 1. The lowest BCUT2D eigenvalue weighted by atomic mass is 9.82. The lowest BCUT2D eigenvalue weighted by molar-refractivity contribution is -0.0438. The first-order valence-electron chi connectivity index (χ1n) is 8.48. The van der Waals surface area contributed by atoms with Crippen LogP contribution in [0.1, 0.15) is 39.7 Å². The van der Waals surface area contributed by atoms with Crippen LogP contribution in [-0.4, -0.2) is 36.5 Å². The monoisotopic (exact) mass is 476 g/mol. The highest BCUT2D eigenvalue weighted by Gasteiger charge is 2.42. The zero-order chi connectivity index (χ0) is 18.6. The van der Waals surface area contributed by atoms with Crippen LogP contribution in [0.5, 0.6) is 0 Å². The number of hydrogen-bond acceptors (Lipinski definition) is 4. The Balaban J connectivity index is 1.93. The summed E-state index contributed by atoms with van der Waals surface area (Å²) in [7, 11) is 0. The minimum Gasteiger partial charge on any atom is -0.444 e. The van der Waals surface area contributed by atoms with Crippen molar-refractivity contribution in [2.24, 2.45) is 0 Å². The molecule has 0 bridgehead atoms. The second-order valence-electron chi connectivity index (χ2n) is 7.14. The molecule has 1 amide bonds. The lowest BCUT2D eigenvalue weighted by Crippen LogP contribution is -2.66. The smallest absolute Gasteiger partial charge is 0.407 e. The average molecular weight is 478 g/mol. The molecule has 0 radical (unpaired) electrons. The van der Waals surface area contributed by atoms with Crippen LogP contribution >= 0.6 is 31.9 Å². The summed E-state index contributed by atoms with van der Waals surface area (Å²) in [5.41, 5.74) is 0.660. The quantitative estimate of drug-likeness (QED) is 0.638. The summed E-state index contributed by atoms with van der Waals surface area (Å²) in [6.45, 7) is 8.92. The Bertz CT molecular complexity index is 604. The van der Waals surface area contributed by atoms with E-state index < -0.39 is 5.60 Å². The molecule has 140 valence electrons. The molecule has 7 heteroatoms. The number of rotatable bonds is 6. The van der Waals surface area contributed by atoms with Gasteiger partial charge >= 0.3 is 6.09 Å². The number of benzene rings is 1. The number of ether oxygens (including phenoxy) is 2. The highest BCUT2D eigenvalue weighted by atomic mass is 79.9. The zero-order valence-corrected chi connectivity index (χ0v) is 18.2. The summed E-state index contributed by atoms with van der Waals surface area (Å²) in [6.07, 6.45) is 0.504. The van der Waals surface area contributed by atoms with Crippen LogP contribution in [0.15, 0.2) is 27.1 Å². The Hall–Kier alpha value is -0.630. The Morgan fingerprint density at radius 2 is 2.00 bits per heavy atom. The molecule has 25 heavy (non-hydrogen) atoms. The predicted octanol–water partition coefficient (Wildman–Crippen LogP) is 4.37. The Kier molecular flexibility index (Phi) is 7.31. The molecule has 2 rings (SSSR count). The zero-order valence-electron chi connectivity index (χ0n) is 15.1. The maximum atomic E-state index is 12.0. The fraction of sp³-hybridized carbons (Fsp3) is 0.611. The number of halogens is 2. The number of hydrogen-bond donors (Lipinski definition) is 2. The van der Waals surface area contributed by atoms with Gasteiger partial charge in [-0.2, -0.15) is 0 Å². The normalized spacial score (nSPS) is 23.0. The van der Waals surface area contributed by atoms with Crippen LogP contribution in [0.2, 0.25) is 0 Å². The topological polar surface area (TPSA) is 59.6 Å². The van der Waals surface area contributed by atoms with E-state index in [4.69, 9.17) is 9.47 Å². The minimum absolute atomic E-state index is 0.00490. The summed E-state index contributed by atoms with van der Waals surface area (Å²) in [4.78, 5) is 12.0. The van der Waals surface area contributed by atoms with Crippen molar-refractivity contribution < 1.29 is 14.3 Å². The summed E-state index contributed by atoms with van der Waals surface area (Å²) in [5.74, 6) is 0. The third-order valence-corrected chi connectivity index (χ3v) is 5.81. The van der Waals surface area contributed by atoms with Crippen LogP contribution in [0, 0.1) is 0 Å². The Morgan fingerprint density at radius 1 is 1.28 bits per heavy atom. The number of carbonyl (C=O) groups is 1. The summed E-state index contributed by atoms with van der Waals surface area (Å²) in [6, 6.07) is 6.22. The van der Waals surface area contributed by atoms with E-state index in [2.05, 4.69) is 54.6 Å². The van der Waals surface area contributed by atoms with E-state index in [1.807, 2.05) is 33.8 Å². The Labute approximate surface area is 166 Å². The van der Waals surface area contributed by atoms with E-state index in [9.17, 15) is 4.79 Å². The predicted molar refractivity (Wildman–Crippen MR) is 106 cm³/mol. The van der Waals surface area contributed by atoms with E-state index in [1.54, 1.807) is 0 Å². The molecule has 3 unspecified atom stereocenters. The SMILES string of the molecule is CCOC1CC(NC(=O)OC(C)(C)C)C1NCc1ccc(Br)c(Br)c1. The van der Waals surface area contributed by atoms with Crippen molar-refractivity contribution in [3.63, 3.8) is 0 Å². The first-order chi connectivity index (χ1) is 11.7. The van der Waals surface area contributed by atoms with Crippen molar-refractivity contribution in [3.8, 4) is 0 Å². The molecule has 1 aromatic rings. The fourth-order valence-electron chi connectivity index (χ4n) is 2.76. The molecule has 0 aliphatic heterocycles.